The second kappa shape index (κ2) is 4.60. The Hall–Kier alpha value is -1.98. The molecule has 1 aliphatic rings. The molecule has 2 aromatic rings. The smallest absolute Gasteiger partial charge is 0.128 e. The lowest BCUT2D eigenvalue weighted by atomic mass is 10.0. The van der Waals surface area contributed by atoms with Crippen LogP contribution in [0.2, 0.25) is 5.02 Å². The van der Waals surface area contributed by atoms with E-state index in [9.17, 15) is 0 Å². The van der Waals surface area contributed by atoms with Crippen molar-refractivity contribution in [2.24, 2.45) is 0 Å². The molecule has 3 heteroatoms. The Morgan fingerprint density at radius 2 is 2.16 bits per heavy atom. The minimum atomic E-state index is -0.0267. The topological polar surface area (TPSA) is 33.0 Å². The fourth-order valence-electron chi connectivity index (χ4n) is 2.35. The highest BCUT2D eigenvalue weighted by Gasteiger charge is 2.25. The molecule has 94 valence electrons. The molecule has 0 saturated carbocycles. The summed E-state index contributed by atoms with van der Waals surface area (Å²) in [5.41, 5.74) is 3.84. The predicted octanol–water partition coefficient (Wildman–Crippen LogP) is 4.20. The van der Waals surface area contributed by atoms with Gasteiger partial charge < -0.3 is 4.74 Å². The van der Waals surface area contributed by atoms with Gasteiger partial charge in [0, 0.05) is 11.4 Å². The van der Waals surface area contributed by atoms with Gasteiger partial charge in [-0.3, -0.25) is 0 Å². The normalized spacial score (nSPS) is 16.6. The van der Waals surface area contributed by atoms with Gasteiger partial charge in [0.1, 0.15) is 11.9 Å². The molecule has 0 radical (unpaired) electrons. The Morgan fingerprint density at radius 3 is 2.95 bits per heavy atom. The average Bonchev–Trinajstić information content (AvgIpc) is 2.82. The molecule has 0 fully saturated rings. The summed E-state index contributed by atoms with van der Waals surface area (Å²) in [6, 6.07) is 13.7. The fraction of sp³-hybridized carbons (Fsp3) is 0.188. The molecule has 2 aromatic carbocycles. The van der Waals surface area contributed by atoms with Gasteiger partial charge in [-0.05, 0) is 47.9 Å². The van der Waals surface area contributed by atoms with E-state index in [0.717, 1.165) is 33.9 Å². The van der Waals surface area contributed by atoms with E-state index in [1.165, 1.54) is 0 Å². The molecule has 0 saturated heterocycles. The van der Waals surface area contributed by atoms with Crippen LogP contribution in [-0.4, -0.2) is 0 Å². The number of hydrogen-bond donors (Lipinski definition) is 0. The van der Waals surface area contributed by atoms with Crippen LogP contribution in [0, 0.1) is 18.3 Å². The van der Waals surface area contributed by atoms with E-state index in [1.807, 2.05) is 37.3 Å². The number of hydrogen-bond acceptors (Lipinski definition) is 2. The van der Waals surface area contributed by atoms with Gasteiger partial charge in [-0.2, -0.15) is 5.26 Å². The third kappa shape index (κ3) is 2.18. The van der Waals surface area contributed by atoms with E-state index in [0.29, 0.717) is 5.56 Å². The molecule has 1 aliphatic heterocycles. The molecular weight excluding hydrogens is 258 g/mol. The molecule has 0 spiro atoms. The Morgan fingerprint density at radius 1 is 1.32 bits per heavy atom. The minimum Gasteiger partial charge on any atom is -0.485 e. The number of aryl methyl sites for hydroxylation is 1. The first-order valence-electron chi connectivity index (χ1n) is 6.13. The van der Waals surface area contributed by atoms with Crippen molar-refractivity contribution in [1.82, 2.24) is 0 Å². The van der Waals surface area contributed by atoms with E-state index in [4.69, 9.17) is 21.6 Å². The van der Waals surface area contributed by atoms with Crippen LogP contribution >= 0.6 is 11.6 Å². The largest absolute Gasteiger partial charge is 0.485 e. The van der Waals surface area contributed by atoms with Gasteiger partial charge in [-0.25, -0.2) is 0 Å². The Bertz CT molecular complexity index is 657. The van der Waals surface area contributed by atoms with Crippen LogP contribution in [0.3, 0.4) is 0 Å². The molecule has 0 aromatic heterocycles. The summed E-state index contributed by atoms with van der Waals surface area (Å²) in [5.74, 6) is 0.897. The van der Waals surface area contributed by atoms with Gasteiger partial charge in [-0.15, -0.1) is 0 Å². The van der Waals surface area contributed by atoms with Crippen LogP contribution in [0.15, 0.2) is 36.4 Å². The highest BCUT2D eigenvalue weighted by Crippen LogP contribution is 2.39. The maximum atomic E-state index is 8.94. The first-order valence-corrected chi connectivity index (χ1v) is 6.51. The lowest BCUT2D eigenvalue weighted by molar-refractivity contribution is 0.238. The van der Waals surface area contributed by atoms with Crippen LogP contribution in [-0.2, 0) is 6.42 Å². The zero-order chi connectivity index (χ0) is 13.4. The summed E-state index contributed by atoms with van der Waals surface area (Å²) in [7, 11) is 0. The number of halogens is 1. The summed E-state index contributed by atoms with van der Waals surface area (Å²) in [5, 5.41) is 9.71. The second-order valence-corrected chi connectivity index (χ2v) is 5.16. The van der Waals surface area contributed by atoms with Crippen LogP contribution in [0.4, 0.5) is 0 Å². The highest BCUT2D eigenvalue weighted by molar-refractivity contribution is 6.31. The van der Waals surface area contributed by atoms with Crippen molar-refractivity contribution in [1.29, 1.82) is 5.26 Å². The third-order valence-corrected chi connectivity index (χ3v) is 3.81. The van der Waals surface area contributed by atoms with Gasteiger partial charge in [-0.1, -0.05) is 23.7 Å². The van der Waals surface area contributed by atoms with Gasteiger partial charge >= 0.3 is 0 Å². The first kappa shape index (κ1) is 12.1. The highest BCUT2D eigenvalue weighted by atomic mass is 35.5. The molecule has 0 bridgehead atoms. The Labute approximate surface area is 117 Å². The Kier molecular flexibility index (Phi) is 2.93. The molecule has 0 amide bonds. The summed E-state index contributed by atoms with van der Waals surface area (Å²) < 4.78 is 5.96. The van der Waals surface area contributed by atoms with Crippen LogP contribution in [0.1, 0.15) is 28.4 Å². The van der Waals surface area contributed by atoms with Crippen molar-refractivity contribution in [3.05, 3.63) is 63.7 Å². The van der Waals surface area contributed by atoms with Crippen LogP contribution in [0.5, 0.6) is 5.75 Å². The summed E-state index contributed by atoms with van der Waals surface area (Å²) in [4.78, 5) is 0. The fourth-order valence-corrected chi connectivity index (χ4v) is 2.54. The molecule has 1 atom stereocenters. The van der Waals surface area contributed by atoms with Crippen molar-refractivity contribution >= 4 is 11.6 Å². The number of ether oxygens (including phenoxy) is 1. The SMILES string of the molecule is Cc1cc2c(cc1Cl)CC(c1cccc(C#N)c1)O2. The van der Waals surface area contributed by atoms with E-state index in [1.54, 1.807) is 6.07 Å². The third-order valence-electron chi connectivity index (χ3n) is 3.40. The lowest BCUT2D eigenvalue weighted by Crippen LogP contribution is -2.03. The maximum absolute atomic E-state index is 8.94. The second-order valence-electron chi connectivity index (χ2n) is 4.76. The van der Waals surface area contributed by atoms with E-state index in [2.05, 4.69) is 6.07 Å². The van der Waals surface area contributed by atoms with Crippen molar-refractivity contribution in [2.45, 2.75) is 19.4 Å². The van der Waals surface area contributed by atoms with Gasteiger partial charge in [0.05, 0.1) is 11.6 Å². The standard InChI is InChI=1S/C16H12ClNO/c1-10-5-15-13(7-14(10)17)8-16(19-15)12-4-2-3-11(6-12)9-18/h2-7,16H,8H2,1H3. The molecule has 1 heterocycles. The van der Waals surface area contributed by atoms with E-state index in [-0.39, 0.29) is 6.10 Å². The maximum Gasteiger partial charge on any atom is 0.128 e. The van der Waals surface area contributed by atoms with E-state index < -0.39 is 0 Å². The summed E-state index contributed by atoms with van der Waals surface area (Å²) in [6.45, 7) is 1.97. The summed E-state index contributed by atoms with van der Waals surface area (Å²) >= 11 is 6.14. The number of nitriles is 1. The molecule has 0 N–H and O–H groups in total. The molecule has 19 heavy (non-hydrogen) atoms. The minimum absolute atomic E-state index is 0.0267. The quantitative estimate of drug-likeness (QED) is 0.777. The van der Waals surface area contributed by atoms with Crippen molar-refractivity contribution in [2.75, 3.05) is 0 Å². The predicted molar refractivity (Wildman–Crippen MR) is 74.4 cm³/mol. The van der Waals surface area contributed by atoms with Gasteiger partial charge in [0.15, 0.2) is 0 Å². The number of benzene rings is 2. The lowest BCUT2D eigenvalue weighted by Gasteiger charge is -2.11. The summed E-state index contributed by atoms with van der Waals surface area (Å²) in [6.07, 6.45) is 0.769. The van der Waals surface area contributed by atoms with Gasteiger partial charge in [0.2, 0.25) is 0 Å². The van der Waals surface area contributed by atoms with E-state index >= 15 is 0 Å². The monoisotopic (exact) mass is 269 g/mol. The van der Waals surface area contributed by atoms with Crippen LogP contribution < -0.4 is 4.74 Å². The van der Waals surface area contributed by atoms with Crippen molar-refractivity contribution < 1.29 is 4.74 Å². The van der Waals surface area contributed by atoms with Crippen LogP contribution in [0.25, 0.3) is 0 Å². The first-order chi connectivity index (χ1) is 9.17. The molecular formula is C16H12ClNO. The van der Waals surface area contributed by atoms with Gasteiger partial charge in [0.25, 0.3) is 0 Å². The molecule has 3 rings (SSSR count). The molecule has 1 unspecified atom stereocenters. The number of nitrogens with zero attached hydrogens (tertiary/aromatic N) is 1. The molecule has 0 aliphatic carbocycles. The zero-order valence-corrected chi connectivity index (χ0v) is 11.2. The number of rotatable bonds is 1. The average molecular weight is 270 g/mol. The number of fused-ring (bicyclic) bond motifs is 1. The zero-order valence-electron chi connectivity index (χ0n) is 10.5. The molecule has 2 nitrogen and oxygen atoms in total. The van der Waals surface area contributed by atoms with Crippen molar-refractivity contribution in [3.63, 3.8) is 0 Å². The Balaban J connectivity index is 1.93. The van der Waals surface area contributed by atoms with Crippen molar-refractivity contribution in [3.8, 4) is 11.8 Å².